The number of aromatic amines is 1. The Morgan fingerprint density at radius 1 is 1.33 bits per heavy atom. The molecule has 0 bridgehead atoms. The molecule has 0 atom stereocenters. The van der Waals surface area contributed by atoms with Gasteiger partial charge in [0.25, 0.3) is 0 Å². The predicted octanol–water partition coefficient (Wildman–Crippen LogP) is 1.12. The van der Waals surface area contributed by atoms with Crippen LogP contribution in [0.5, 0.6) is 6.01 Å². The fourth-order valence-electron chi connectivity index (χ4n) is 1.69. The minimum absolute atomic E-state index is 0.234. The molecule has 0 spiro atoms. The number of para-hydroxylation sites is 2. The number of rotatable bonds is 3. The van der Waals surface area contributed by atoms with Crippen LogP contribution < -0.4 is 10.5 Å². The van der Waals surface area contributed by atoms with Crippen molar-refractivity contribution in [1.82, 2.24) is 24.7 Å². The second-order valence-corrected chi connectivity index (χ2v) is 3.67. The Labute approximate surface area is 103 Å². The van der Waals surface area contributed by atoms with Crippen molar-refractivity contribution in [2.24, 2.45) is 0 Å². The third-order valence-corrected chi connectivity index (χ3v) is 2.46. The second kappa shape index (κ2) is 4.02. The van der Waals surface area contributed by atoms with E-state index in [2.05, 4.69) is 20.1 Å². The molecule has 0 aliphatic carbocycles. The van der Waals surface area contributed by atoms with E-state index in [4.69, 9.17) is 10.5 Å². The molecule has 7 nitrogen and oxygen atoms in total. The molecule has 0 aliphatic rings. The zero-order valence-corrected chi connectivity index (χ0v) is 9.79. The summed E-state index contributed by atoms with van der Waals surface area (Å²) < 4.78 is 6.62. The largest absolute Gasteiger partial charge is 0.463 e. The molecule has 0 saturated carbocycles. The van der Waals surface area contributed by atoms with Crippen molar-refractivity contribution >= 4 is 17.0 Å². The molecule has 2 aromatic heterocycles. The van der Waals surface area contributed by atoms with Gasteiger partial charge in [-0.15, -0.1) is 5.10 Å². The lowest BCUT2D eigenvalue weighted by Crippen LogP contribution is -2.04. The number of nitrogens with zero attached hydrogens (tertiary/aromatic N) is 4. The van der Waals surface area contributed by atoms with E-state index in [0.29, 0.717) is 12.6 Å². The van der Waals surface area contributed by atoms with Gasteiger partial charge in [0.05, 0.1) is 17.6 Å². The number of aromatic nitrogens is 5. The number of nitrogen functional groups attached to an aromatic ring is 1. The Kier molecular flexibility index (Phi) is 2.36. The number of nitrogens with one attached hydrogen (secondary N) is 1. The summed E-state index contributed by atoms with van der Waals surface area (Å²) in [5.41, 5.74) is 7.54. The van der Waals surface area contributed by atoms with Gasteiger partial charge in [0.1, 0.15) is 0 Å². The van der Waals surface area contributed by atoms with E-state index in [1.165, 1.54) is 4.68 Å². The lowest BCUT2D eigenvalue weighted by atomic mass is 10.3. The summed E-state index contributed by atoms with van der Waals surface area (Å²) in [6.07, 6.45) is 0. The normalized spacial score (nSPS) is 10.9. The number of hydrogen-bond acceptors (Lipinski definition) is 5. The highest BCUT2D eigenvalue weighted by Gasteiger charge is 2.12. The Morgan fingerprint density at radius 3 is 2.94 bits per heavy atom. The number of H-pyrrole nitrogens is 1. The molecule has 3 N–H and O–H groups in total. The van der Waals surface area contributed by atoms with Gasteiger partial charge in [0.15, 0.2) is 0 Å². The van der Waals surface area contributed by atoms with Crippen molar-refractivity contribution in [3.05, 3.63) is 24.3 Å². The van der Waals surface area contributed by atoms with Crippen LogP contribution in [0.3, 0.4) is 0 Å². The zero-order valence-electron chi connectivity index (χ0n) is 9.79. The van der Waals surface area contributed by atoms with Gasteiger partial charge in [0, 0.05) is 0 Å². The van der Waals surface area contributed by atoms with E-state index in [9.17, 15) is 0 Å². The van der Waals surface area contributed by atoms with Gasteiger partial charge in [-0.1, -0.05) is 12.1 Å². The Hall–Kier alpha value is -2.57. The van der Waals surface area contributed by atoms with Crippen LogP contribution in [0, 0.1) is 0 Å². The zero-order chi connectivity index (χ0) is 12.5. The lowest BCUT2D eigenvalue weighted by molar-refractivity contribution is 0.312. The molecule has 1 aromatic carbocycles. The molecule has 92 valence electrons. The molecule has 18 heavy (non-hydrogen) atoms. The molecule has 3 aromatic rings. The molecular weight excluding hydrogens is 232 g/mol. The lowest BCUT2D eigenvalue weighted by Gasteiger charge is -1.95. The van der Waals surface area contributed by atoms with Crippen molar-refractivity contribution < 1.29 is 4.74 Å². The summed E-state index contributed by atoms with van der Waals surface area (Å²) in [7, 11) is 0. The van der Waals surface area contributed by atoms with Crippen molar-refractivity contribution in [1.29, 1.82) is 0 Å². The van der Waals surface area contributed by atoms with Crippen LogP contribution in [0.4, 0.5) is 5.95 Å². The predicted molar refractivity (Wildman–Crippen MR) is 66.6 cm³/mol. The van der Waals surface area contributed by atoms with E-state index in [-0.39, 0.29) is 12.0 Å². The number of ether oxygens (including phenoxy) is 1. The highest BCUT2D eigenvalue weighted by atomic mass is 16.5. The monoisotopic (exact) mass is 244 g/mol. The fraction of sp³-hybridized carbons (Fsp3) is 0.182. The van der Waals surface area contributed by atoms with E-state index in [1.807, 2.05) is 31.2 Å². The highest BCUT2D eigenvalue weighted by molar-refractivity contribution is 5.76. The number of nitrogens with two attached hydrogens (primary N) is 1. The summed E-state index contributed by atoms with van der Waals surface area (Å²) in [5, 5.41) is 4.13. The minimum atomic E-state index is 0.234. The van der Waals surface area contributed by atoms with Crippen LogP contribution in [0.1, 0.15) is 6.92 Å². The van der Waals surface area contributed by atoms with Crippen molar-refractivity contribution in [2.45, 2.75) is 6.92 Å². The van der Waals surface area contributed by atoms with Crippen molar-refractivity contribution in [2.75, 3.05) is 12.3 Å². The molecule has 3 rings (SSSR count). The molecule has 0 aliphatic heterocycles. The third-order valence-electron chi connectivity index (χ3n) is 2.46. The topological polar surface area (TPSA) is 94.6 Å². The molecule has 0 radical (unpaired) electrons. The van der Waals surface area contributed by atoms with Crippen LogP contribution in [-0.2, 0) is 0 Å². The van der Waals surface area contributed by atoms with Crippen molar-refractivity contribution in [3.63, 3.8) is 0 Å². The minimum Gasteiger partial charge on any atom is -0.463 e. The maximum atomic E-state index is 5.77. The summed E-state index contributed by atoms with van der Waals surface area (Å²) in [4.78, 5) is 11.5. The first-order valence-corrected chi connectivity index (χ1v) is 5.58. The maximum Gasteiger partial charge on any atom is 0.337 e. The van der Waals surface area contributed by atoms with Gasteiger partial charge in [-0.2, -0.15) is 9.67 Å². The van der Waals surface area contributed by atoms with Crippen LogP contribution in [0.2, 0.25) is 0 Å². The molecule has 0 unspecified atom stereocenters. The van der Waals surface area contributed by atoms with Gasteiger partial charge >= 0.3 is 6.01 Å². The summed E-state index contributed by atoms with van der Waals surface area (Å²) in [6.45, 7) is 2.35. The van der Waals surface area contributed by atoms with E-state index in [0.717, 1.165) is 11.0 Å². The quantitative estimate of drug-likeness (QED) is 0.720. The van der Waals surface area contributed by atoms with Gasteiger partial charge in [-0.3, -0.25) is 0 Å². The SMILES string of the molecule is CCOc1nc(N)n(-c2nc3ccccc3[nH]2)n1. The van der Waals surface area contributed by atoms with Crippen LogP contribution in [0.25, 0.3) is 17.0 Å². The van der Waals surface area contributed by atoms with E-state index < -0.39 is 0 Å². The first-order chi connectivity index (χ1) is 8.78. The Bertz CT molecular complexity index is 653. The third kappa shape index (κ3) is 1.65. The van der Waals surface area contributed by atoms with Crippen molar-refractivity contribution in [3.8, 4) is 12.0 Å². The number of imidazole rings is 1. The Morgan fingerprint density at radius 2 is 2.17 bits per heavy atom. The van der Waals surface area contributed by atoms with Crippen LogP contribution in [0.15, 0.2) is 24.3 Å². The maximum absolute atomic E-state index is 5.77. The number of fused-ring (bicyclic) bond motifs is 1. The molecular formula is C11H12N6O. The summed E-state index contributed by atoms with van der Waals surface area (Å²) >= 11 is 0. The number of benzene rings is 1. The summed E-state index contributed by atoms with van der Waals surface area (Å²) in [6, 6.07) is 7.94. The number of hydrogen-bond donors (Lipinski definition) is 2. The second-order valence-electron chi connectivity index (χ2n) is 3.67. The number of anilines is 1. The first kappa shape index (κ1) is 10.6. The van der Waals surface area contributed by atoms with Gasteiger partial charge in [-0.25, -0.2) is 4.98 Å². The van der Waals surface area contributed by atoms with E-state index >= 15 is 0 Å². The Balaban J connectivity index is 2.08. The molecule has 7 heteroatoms. The molecule has 0 saturated heterocycles. The smallest absolute Gasteiger partial charge is 0.337 e. The van der Waals surface area contributed by atoms with E-state index in [1.54, 1.807) is 0 Å². The van der Waals surface area contributed by atoms with Crippen LogP contribution >= 0.6 is 0 Å². The fourth-order valence-corrected chi connectivity index (χ4v) is 1.69. The highest BCUT2D eigenvalue weighted by Crippen LogP contribution is 2.16. The van der Waals surface area contributed by atoms with Gasteiger partial charge in [0.2, 0.25) is 11.9 Å². The van der Waals surface area contributed by atoms with Gasteiger partial charge in [-0.05, 0) is 19.1 Å². The average molecular weight is 244 g/mol. The van der Waals surface area contributed by atoms with Gasteiger partial charge < -0.3 is 15.5 Å². The molecule has 2 heterocycles. The summed E-state index contributed by atoms with van der Waals surface area (Å²) in [5.74, 6) is 0.754. The first-order valence-electron chi connectivity index (χ1n) is 5.58. The standard InChI is InChI=1S/C11H12N6O/c1-2-18-11-15-9(12)17(16-11)10-13-7-5-3-4-6-8(7)14-10/h3-6H,2H2,1H3,(H,13,14)(H2,12,15,16). The average Bonchev–Trinajstić information content (AvgIpc) is 2.92. The molecule has 0 amide bonds. The van der Waals surface area contributed by atoms with Crippen LogP contribution in [-0.4, -0.2) is 31.3 Å². The molecule has 0 fully saturated rings.